The van der Waals surface area contributed by atoms with Crippen LogP contribution in [0, 0.1) is 12.8 Å². The van der Waals surface area contributed by atoms with E-state index in [0.717, 1.165) is 47.9 Å². The fraction of sp³-hybridized carbons (Fsp3) is 0.636. The highest BCUT2D eigenvalue weighted by Gasteiger charge is 2.18. The Balaban J connectivity index is 2.17. The van der Waals surface area contributed by atoms with Crippen molar-refractivity contribution >= 4 is 21.7 Å². The van der Waals surface area contributed by atoms with Gasteiger partial charge in [0.05, 0.1) is 10.2 Å². The summed E-state index contributed by atoms with van der Waals surface area (Å²) >= 11 is 3.48. The molecule has 0 aliphatic carbocycles. The van der Waals surface area contributed by atoms with Crippen LogP contribution in [0.5, 0.6) is 0 Å². The van der Waals surface area contributed by atoms with E-state index in [1.807, 2.05) is 14.0 Å². The Labute approximate surface area is 104 Å². The Bertz CT molecular complexity index is 378. The molecule has 0 spiro atoms. The van der Waals surface area contributed by atoms with Crippen LogP contribution < -0.4 is 5.32 Å². The molecule has 0 amide bonds. The van der Waals surface area contributed by atoms with Gasteiger partial charge in [-0.15, -0.1) is 0 Å². The van der Waals surface area contributed by atoms with Gasteiger partial charge in [-0.3, -0.25) is 0 Å². The largest absolute Gasteiger partial charge is 0.381 e. The monoisotopic (exact) mass is 285 g/mol. The minimum Gasteiger partial charge on any atom is -0.381 e. The number of anilines is 1. The molecule has 1 aliphatic heterocycles. The lowest BCUT2D eigenvalue weighted by molar-refractivity contribution is 0.185. The third-order valence-electron chi connectivity index (χ3n) is 2.80. The van der Waals surface area contributed by atoms with Crippen LogP contribution in [-0.4, -0.2) is 30.2 Å². The Morgan fingerprint density at radius 2 is 2.31 bits per heavy atom. The van der Waals surface area contributed by atoms with Crippen LogP contribution in [0.25, 0.3) is 0 Å². The molecular weight excluding hydrogens is 270 g/mol. The molecule has 0 bridgehead atoms. The van der Waals surface area contributed by atoms with E-state index < -0.39 is 0 Å². The predicted molar refractivity (Wildman–Crippen MR) is 66.6 cm³/mol. The van der Waals surface area contributed by atoms with Gasteiger partial charge in [0.2, 0.25) is 0 Å². The third-order valence-corrected chi connectivity index (χ3v) is 3.74. The maximum Gasteiger partial charge on any atom is 0.144 e. The molecule has 1 unspecified atom stereocenters. The summed E-state index contributed by atoms with van der Waals surface area (Å²) in [6, 6.07) is 0. The predicted octanol–water partition coefficient (Wildman–Crippen LogP) is 2.17. The number of halogens is 1. The molecule has 1 aliphatic rings. The first-order chi connectivity index (χ1) is 7.70. The quantitative estimate of drug-likeness (QED) is 0.925. The highest BCUT2D eigenvalue weighted by Crippen LogP contribution is 2.24. The number of aromatic nitrogens is 2. The summed E-state index contributed by atoms with van der Waals surface area (Å²) in [6.45, 7) is 3.70. The van der Waals surface area contributed by atoms with Crippen LogP contribution >= 0.6 is 15.9 Å². The van der Waals surface area contributed by atoms with Gasteiger partial charge in [0.1, 0.15) is 11.6 Å². The Morgan fingerprint density at radius 1 is 1.50 bits per heavy atom. The van der Waals surface area contributed by atoms with Gasteiger partial charge < -0.3 is 10.1 Å². The van der Waals surface area contributed by atoms with Gasteiger partial charge in [0.15, 0.2) is 0 Å². The summed E-state index contributed by atoms with van der Waals surface area (Å²) in [6.07, 6.45) is 2.02. The van der Waals surface area contributed by atoms with Crippen LogP contribution in [0.4, 0.5) is 5.82 Å². The van der Waals surface area contributed by atoms with Gasteiger partial charge in [0.25, 0.3) is 0 Å². The second kappa shape index (κ2) is 5.10. The Kier molecular flexibility index (Phi) is 3.76. The van der Waals surface area contributed by atoms with Crippen LogP contribution in [0.2, 0.25) is 0 Å². The summed E-state index contributed by atoms with van der Waals surface area (Å²) in [5.74, 6) is 2.34. The van der Waals surface area contributed by atoms with Gasteiger partial charge in [-0.2, -0.15) is 0 Å². The van der Waals surface area contributed by atoms with Crippen molar-refractivity contribution < 1.29 is 4.74 Å². The summed E-state index contributed by atoms with van der Waals surface area (Å²) in [4.78, 5) is 8.98. The van der Waals surface area contributed by atoms with Crippen LogP contribution in [0.1, 0.15) is 17.9 Å². The lowest BCUT2D eigenvalue weighted by Crippen LogP contribution is -2.10. The van der Waals surface area contributed by atoms with Crippen molar-refractivity contribution in [3.63, 3.8) is 0 Å². The number of nitrogens with zero attached hydrogens (tertiary/aromatic N) is 2. The summed E-state index contributed by atoms with van der Waals surface area (Å²) in [5, 5.41) is 3.07. The number of hydrogen-bond acceptors (Lipinski definition) is 4. The lowest BCUT2D eigenvalue weighted by atomic mass is 10.0. The van der Waals surface area contributed by atoms with Crippen molar-refractivity contribution in [2.45, 2.75) is 19.8 Å². The molecule has 1 aromatic heterocycles. The zero-order valence-electron chi connectivity index (χ0n) is 9.59. The molecule has 1 saturated heterocycles. The molecular formula is C11H16BrN3O. The Hall–Kier alpha value is -0.680. The zero-order valence-corrected chi connectivity index (χ0v) is 11.2. The second-order valence-electron chi connectivity index (χ2n) is 4.07. The van der Waals surface area contributed by atoms with Crippen molar-refractivity contribution in [3.05, 3.63) is 16.0 Å². The third kappa shape index (κ3) is 2.52. The molecule has 0 aromatic carbocycles. The van der Waals surface area contributed by atoms with Crippen molar-refractivity contribution in [2.24, 2.45) is 5.92 Å². The van der Waals surface area contributed by atoms with E-state index in [1.54, 1.807) is 0 Å². The number of ether oxygens (including phenoxy) is 1. The molecule has 0 radical (unpaired) electrons. The second-order valence-corrected chi connectivity index (χ2v) is 4.86. The van der Waals surface area contributed by atoms with Gasteiger partial charge in [-0.25, -0.2) is 9.97 Å². The van der Waals surface area contributed by atoms with E-state index >= 15 is 0 Å². The summed E-state index contributed by atoms with van der Waals surface area (Å²) < 4.78 is 6.31. The summed E-state index contributed by atoms with van der Waals surface area (Å²) in [7, 11) is 1.87. The normalized spacial score (nSPS) is 20.1. The van der Waals surface area contributed by atoms with Crippen LogP contribution in [0.15, 0.2) is 4.47 Å². The van der Waals surface area contributed by atoms with E-state index in [0.29, 0.717) is 5.92 Å². The van der Waals surface area contributed by atoms with Crippen molar-refractivity contribution in [2.75, 3.05) is 25.6 Å². The number of nitrogens with one attached hydrogen (secondary N) is 1. The lowest BCUT2D eigenvalue weighted by Gasteiger charge is -2.10. The minimum atomic E-state index is 0.574. The number of rotatable bonds is 3. The maximum absolute atomic E-state index is 5.36. The minimum absolute atomic E-state index is 0.574. The first-order valence-corrected chi connectivity index (χ1v) is 6.28. The molecule has 2 heterocycles. The average Bonchev–Trinajstić information content (AvgIpc) is 2.76. The van der Waals surface area contributed by atoms with Gasteiger partial charge in [-0.1, -0.05) is 0 Å². The fourth-order valence-electron chi connectivity index (χ4n) is 1.88. The van der Waals surface area contributed by atoms with Crippen LogP contribution in [0.3, 0.4) is 0 Å². The SMILES string of the molecule is CNc1nc(CC2CCOC2)nc(C)c1Br. The smallest absolute Gasteiger partial charge is 0.144 e. The topological polar surface area (TPSA) is 47.0 Å². The van der Waals surface area contributed by atoms with E-state index in [-0.39, 0.29) is 0 Å². The molecule has 1 N–H and O–H groups in total. The molecule has 5 heteroatoms. The van der Waals surface area contributed by atoms with E-state index in [4.69, 9.17) is 4.74 Å². The fourth-order valence-corrected chi connectivity index (χ4v) is 2.25. The molecule has 2 rings (SSSR count). The zero-order chi connectivity index (χ0) is 11.5. The van der Waals surface area contributed by atoms with Crippen molar-refractivity contribution in [3.8, 4) is 0 Å². The van der Waals surface area contributed by atoms with Gasteiger partial charge >= 0.3 is 0 Å². The number of aryl methyl sites for hydroxylation is 1. The maximum atomic E-state index is 5.36. The van der Waals surface area contributed by atoms with Crippen LogP contribution in [-0.2, 0) is 11.2 Å². The molecule has 88 valence electrons. The molecule has 1 aromatic rings. The van der Waals surface area contributed by atoms with E-state index in [9.17, 15) is 0 Å². The Morgan fingerprint density at radius 3 is 2.94 bits per heavy atom. The summed E-state index contributed by atoms with van der Waals surface area (Å²) in [5.41, 5.74) is 0.980. The molecule has 1 fully saturated rings. The first-order valence-electron chi connectivity index (χ1n) is 5.49. The molecule has 0 saturated carbocycles. The highest BCUT2D eigenvalue weighted by atomic mass is 79.9. The van der Waals surface area contributed by atoms with E-state index in [2.05, 4.69) is 31.2 Å². The average molecular weight is 286 g/mol. The standard InChI is InChI=1S/C11H16BrN3O/c1-7-10(12)11(13-2)15-9(14-7)5-8-3-4-16-6-8/h8H,3-6H2,1-2H3,(H,13,14,15). The molecule has 16 heavy (non-hydrogen) atoms. The molecule has 1 atom stereocenters. The highest BCUT2D eigenvalue weighted by molar-refractivity contribution is 9.10. The van der Waals surface area contributed by atoms with Crippen molar-refractivity contribution in [1.29, 1.82) is 0 Å². The van der Waals surface area contributed by atoms with Gasteiger partial charge in [-0.05, 0) is 35.2 Å². The first kappa shape index (κ1) is 11.8. The molecule has 4 nitrogen and oxygen atoms in total. The van der Waals surface area contributed by atoms with Gasteiger partial charge in [0, 0.05) is 26.7 Å². The van der Waals surface area contributed by atoms with Crippen molar-refractivity contribution in [1.82, 2.24) is 9.97 Å². The van der Waals surface area contributed by atoms with E-state index in [1.165, 1.54) is 0 Å². The number of hydrogen-bond donors (Lipinski definition) is 1.